The number of urea groups is 1. The van der Waals surface area contributed by atoms with E-state index in [9.17, 15) is 9.90 Å². The number of aliphatic hydroxyl groups excluding tert-OH is 1. The maximum Gasteiger partial charge on any atom is 0.321 e. The Balaban J connectivity index is 2.06. The first-order valence-corrected chi connectivity index (χ1v) is 5.99. The molecule has 5 heteroatoms. The monoisotopic (exact) mass is 250 g/mol. The smallest absolute Gasteiger partial charge is 0.321 e. The van der Waals surface area contributed by atoms with Crippen LogP contribution in [0, 0.1) is 6.92 Å². The minimum absolute atomic E-state index is 0.178. The van der Waals surface area contributed by atoms with Crippen LogP contribution >= 0.6 is 0 Å². The van der Waals surface area contributed by atoms with Crippen LogP contribution in [0.5, 0.6) is 5.75 Å². The zero-order valence-corrected chi connectivity index (χ0v) is 10.6. The first kappa shape index (κ1) is 12.7. The van der Waals surface area contributed by atoms with Crippen molar-refractivity contribution < 1.29 is 14.6 Å². The van der Waals surface area contributed by atoms with Gasteiger partial charge in [0.1, 0.15) is 5.75 Å². The number of amides is 2. The molecule has 2 N–H and O–H groups in total. The number of aliphatic hydroxyl groups is 1. The number of hydrogen-bond donors (Lipinski definition) is 2. The summed E-state index contributed by atoms with van der Waals surface area (Å²) in [6, 6.07) is 5.36. The molecule has 1 aromatic carbocycles. The van der Waals surface area contributed by atoms with E-state index in [1.807, 2.05) is 19.1 Å². The molecule has 1 heterocycles. The van der Waals surface area contributed by atoms with Crippen molar-refractivity contribution in [1.29, 1.82) is 0 Å². The molecule has 2 rings (SSSR count). The van der Waals surface area contributed by atoms with E-state index in [-0.39, 0.29) is 6.03 Å². The lowest BCUT2D eigenvalue weighted by Crippen LogP contribution is -2.33. The third kappa shape index (κ3) is 2.73. The molecule has 2 amide bonds. The van der Waals surface area contributed by atoms with Gasteiger partial charge in [-0.05, 0) is 25.0 Å². The van der Waals surface area contributed by atoms with Crippen molar-refractivity contribution >= 4 is 11.7 Å². The highest BCUT2D eigenvalue weighted by atomic mass is 16.5. The van der Waals surface area contributed by atoms with Gasteiger partial charge in [0.15, 0.2) is 0 Å². The van der Waals surface area contributed by atoms with Crippen LogP contribution in [0.4, 0.5) is 10.5 Å². The van der Waals surface area contributed by atoms with Gasteiger partial charge in [0.05, 0.1) is 13.2 Å². The summed E-state index contributed by atoms with van der Waals surface area (Å²) < 4.78 is 5.13. The number of aryl methyl sites for hydroxylation is 1. The number of hydrogen-bond acceptors (Lipinski definition) is 3. The lowest BCUT2D eigenvalue weighted by Gasteiger charge is -2.17. The third-order valence-electron chi connectivity index (χ3n) is 3.14. The summed E-state index contributed by atoms with van der Waals surface area (Å²) in [7, 11) is 1.59. The topological polar surface area (TPSA) is 61.8 Å². The highest BCUT2D eigenvalue weighted by molar-refractivity contribution is 5.90. The van der Waals surface area contributed by atoms with Crippen molar-refractivity contribution in [3.63, 3.8) is 0 Å². The maximum absolute atomic E-state index is 12.0. The molecule has 1 atom stereocenters. The van der Waals surface area contributed by atoms with Crippen molar-refractivity contribution in [3.05, 3.63) is 23.8 Å². The molecule has 0 bridgehead atoms. The summed E-state index contributed by atoms with van der Waals surface area (Å²) in [6.45, 7) is 2.92. The molecular weight excluding hydrogens is 232 g/mol. The Labute approximate surface area is 106 Å². The minimum atomic E-state index is -0.401. The van der Waals surface area contributed by atoms with Gasteiger partial charge in [-0.1, -0.05) is 6.07 Å². The Morgan fingerprint density at radius 3 is 2.94 bits per heavy atom. The second kappa shape index (κ2) is 5.27. The molecule has 0 aromatic heterocycles. The molecule has 1 saturated heterocycles. The normalized spacial score (nSPS) is 18.8. The third-order valence-corrected chi connectivity index (χ3v) is 3.14. The van der Waals surface area contributed by atoms with Crippen molar-refractivity contribution in [2.45, 2.75) is 19.4 Å². The van der Waals surface area contributed by atoms with Gasteiger partial charge >= 0.3 is 6.03 Å². The molecular formula is C13H18N2O3. The summed E-state index contributed by atoms with van der Waals surface area (Å²) in [6.07, 6.45) is 0.243. The number of benzene rings is 1. The molecule has 98 valence electrons. The second-order valence-corrected chi connectivity index (χ2v) is 4.50. The Morgan fingerprint density at radius 2 is 2.33 bits per heavy atom. The first-order valence-electron chi connectivity index (χ1n) is 5.99. The van der Waals surface area contributed by atoms with Crippen molar-refractivity contribution in [3.8, 4) is 5.75 Å². The highest BCUT2D eigenvalue weighted by Crippen LogP contribution is 2.22. The van der Waals surface area contributed by atoms with Crippen LogP contribution in [-0.4, -0.2) is 42.3 Å². The summed E-state index contributed by atoms with van der Waals surface area (Å²) in [4.78, 5) is 13.6. The first-order chi connectivity index (χ1) is 8.60. The number of ether oxygens (including phenoxy) is 1. The average Bonchev–Trinajstić information content (AvgIpc) is 2.79. The number of carbonyl (C=O) groups excluding carboxylic acids is 1. The number of β-amino-alcohol motifs (C(OH)–C–C–N with tert-alkyl or cyclic N) is 1. The molecule has 0 aliphatic carbocycles. The summed E-state index contributed by atoms with van der Waals surface area (Å²) >= 11 is 0. The molecule has 1 fully saturated rings. The van der Waals surface area contributed by atoms with E-state index in [1.54, 1.807) is 18.1 Å². The van der Waals surface area contributed by atoms with Crippen molar-refractivity contribution in [1.82, 2.24) is 4.90 Å². The summed E-state index contributed by atoms with van der Waals surface area (Å²) in [5.41, 5.74) is 1.71. The molecule has 5 nitrogen and oxygen atoms in total. The number of nitrogens with zero attached hydrogens (tertiary/aromatic N) is 1. The van der Waals surface area contributed by atoms with Gasteiger partial charge in [0.25, 0.3) is 0 Å². The number of methoxy groups -OCH3 is 1. The van der Waals surface area contributed by atoms with E-state index >= 15 is 0 Å². The fourth-order valence-corrected chi connectivity index (χ4v) is 1.98. The molecule has 0 saturated carbocycles. The molecule has 0 spiro atoms. The lowest BCUT2D eigenvalue weighted by molar-refractivity contribution is 0.176. The van der Waals surface area contributed by atoms with Crippen LogP contribution in [0.3, 0.4) is 0 Å². The standard InChI is InChI=1S/C13H18N2O3/c1-9-3-4-11(18-2)7-12(9)14-13(17)15-6-5-10(16)8-15/h3-4,7,10,16H,5-6,8H2,1-2H3,(H,14,17)/t10-/m1/s1. The quantitative estimate of drug-likeness (QED) is 0.838. The van der Waals surface area contributed by atoms with E-state index in [0.29, 0.717) is 25.3 Å². The number of anilines is 1. The summed E-state index contributed by atoms with van der Waals surface area (Å²) in [5, 5.41) is 12.3. The largest absolute Gasteiger partial charge is 0.497 e. The Hall–Kier alpha value is -1.75. The van der Waals surface area contributed by atoms with E-state index < -0.39 is 6.10 Å². The maximum atomic E-state index is 12.0. The number of likely N-dealkylation sites (tertiary alicyclic amines) is 1. The molecule has 18 heavy (non-hydrogen) atoms. The average molecular weight is 250 g/mol. The Kier molecular flexibility index (Phi) is 3.72. The van der Waals surface area contributed by atoms with Crippen LogP contribution < -0.4 is 10.1 Å². The fourth-order valence-electron chi connectivity index (χ4n) is 1.98. The van der Waals surface area contributed by atoms with Crippen LogP contribution in [-0.2, 0) is 0 Å². The van der Waals surface area contributed by atoms with Gasteiger partial charge in [0.2, 0.25) is 0 Å². The van der Waals surface area contributed by atoms with Gasteiger partial charge < -0.3 is 20.1 Å². The molecule has 1 aromatic rings. The lowest BCUT2D eigenvalue weighted by atomic mass is 10.2. The zero-order chi connectivity index (χ0) is 13.1. The van der Waals surface area contributed by atoms with E-state index in [4.69, 9.17) is 4.74 Å². The van der Waals surface area contributed by atoms with Crippen molar-refractivity contribution in [2.24, 2.45) is 0 Å². The van der Waals surface area contributed by atoms with Gasteiger partial charge in [0, 0.05) is 24.8 Å². The van der Waals surface area contributed by atoms with Crippen LogP contribution in [0.25, 0.3) is 0 Å². The predicted octanol–water partition coefficient (Wildman–Crippen LogP) is 1.60. The molecule has 1 aliphatic heterocycles. The number of carbonyl (C=O) groups is 1. The Bertz CT molecular complexity index is 448. The zero-order valence-electron chi connectivity index (χ0n) is 10.6. The van der Waals surface area contributed by atoms with E-state index in [0.717, 1.165) is 11.3 Å². The number of rotatable bonds is 2. The highest BCUT2D eigenvalue weighted by Gasteiger charge is 2.24. The van der Waals surface area contributed by atoms with Gasteiger partial charge in [-0.25, -0.2) is 4.79 Å². The second-order valence-electron chi connectivity index (χ2n) is 4.50. The summed E-state index contributed by atoms with van der Waals surface area (Å²) in [5.74, 6) is 0.706. The van der Waals surface area contributed by atoms with Gasteiger partial charge in [-0.3, -0.25) is 0 Å². The Morgan fingerprint density at radius 1 is 1.56 bits per heavy atom. The van der Waals surface area contributed by atoms with Gasteiger partial charge in [-0.2, -0.15) is 0 Å². The van der Waals surface area contributed by atoms with Crippen molar-refractivity contribution in [2.75, 3.05) is 25.5 Å². The van der Waals surface area contributed by atoms with Crippen LogP contribution in [0.15, 0.2) is 18.2 Å². The SMILES string of the molecule is COc1ccc(C)c(NC(=O)N2CC[C@@H](O)C2)c1. The number of nitrogens with one attached hydrogen (secondary N) is 1. The van der Waals surface area contributed by atoms with Crippen LogP contribution in [0.2, 0.25) is 0 Å². The van der Waals surface area contributed by atoms with Gasteiger partial charge in [-0.15, -0.1) is 0 Å². The molecule has 0 radical (unpaired) electrons. The minimum Gasteiger partial charge on any atom is -0.497 e. The molecule has 0 unspecified atom stereocenters. The van der Waals surface area contributed by atoms with E-state index in [1.165, 1.54) is 0 Å². The van der Waals surface area contributed by atoms with E-state index in [2.05, 4.69) is 5.32 Å². The predicted molar refractivity (Wildman–Crippen MR) is 68.9 cm³/mol. The fraction of sp³-hybridized carbons (Fsp3) is 0.462. The van der Waals surface area contributed by atoms with Crippen LogP contribution in [0.1, 0.15) is 12.0 Å². The molecule has 1 aliphatic rings.